The number of methoxy groups -OCH3 is 1. The smallest absolute Gasteiger partial charge is 0.179 e. The number of aromatic amines is 1. The number of ether oxygens (including phenoxy) is 1. The SMILES string of the molecule is CCC(C)(OC)c1nc2nc(N)ccc2[nH]1. The molecule has 5 heteroatoms. The summed E-state index contributed by atoms with van der Waals surface area (Å²) in [5, 5.41) is 0. The first kappa shape index (κ1) is 10.9. The first-order chi connectivity index (χ1) is 7.59. The summed E-state index contributed by atoms with van der Waals surface area (Å²) in [5.41, 5.74) is 6.71. The second-order valence-corrected chi connectivity index (χ2v) is 3.98. The van der Waals surface area contributed by atoms with Crippen LogP contribution in [0.5, 0.6) is 0 Å². The maximum atomic E-state index is 5.61. The summed E-state index contributed by atoms with van der Waals surface area (Å²) in [6, 6.07) is 3.63. The maximum Gasteiger partial charge on any atom is 0.179 e. The van der Waals surface area contributed by atoms with Crippen molar-refractivity contribution in [1.82, 2.24) is 15.0 Å². The molecule has 2 aromatic heterocycles. The summed E-state index contributed by atoms with van der Waals surface area (Å²) in [5.74, 6) is 1.26. The summed E-state index contributed by atoms with van der Waals surface area (Å²) in [4.78, 5) is 11.8. The Morgan fingerprint density at radius 1 is 1.44 bits per heavy atom. The highest BCUT2D eigenvalue weighted by atomic mass is 16.5. The van der Waals surface area contributed by atoms with E-state index in [0.717, 1.165) is 17.8 Å². The van der Waals surface area contributed by atoms with Gasteiger partial charge < -0.3 is 15.5 Å². The summed E-state index contributed by atoms with van der Waals surface area (Å²) in [6.45, 7) is 4.05. The van der Waals surface area contributed by atoms with Crippen LogP contribution in [-0.4, -0.2) is 22.1 Å². The van der Waals surface area contributed by atoms with Gasteiger partial charge in [0.25, 0.3) is 0 Å². The highest BCUT2D eigenvalue weighted by Gasteiger charge is 2.27. The Kier molecular flexibility index (Phi) is 2.55. The topological polar surface area (TPSA) is 76.8 Å². The fourth-order valence-electron chi connectivity index (χ4n) is 1.57. The molecule has 2 aromatic rings. The number of rotatable bonds is 3. The predicted octanol–water partition coefficient (Wildman–Crippen LogP) is 1.81. The number of nitrogen functional groups attached to an aromatic ring is 1. The Bertz CT molecular complexity index is 502. The molecule has 0 fully saturated rings. The molecular weight excluding hydrogens is 204 g/mol. The molecule has 0 radical (unpaired) electrons. The molecule has 0 aliphatic rings. The largest absolute Gasteiger partial charge is 0.384 e. The molecule has 86 valence electrons. The van der Waals surface area contributed by atoms with Crippen LogP contribution in [0.15, 0.2) is 12.1 Å². The van der Waals surface area contributed by atoms with Crippen LogP contribution in [0.4, 0.5) is 5.82 Å². The lowest BCUT2D eigenvalue weighted by Gasteiger charge is -2.23. The monoisotopic (exact) mass is 220 g/mol. The molecule has 0 saturated carbocycles. The molecule has 2 rings (SSSR count). The third kappa shape index (κ3) is 1.63. The van der Waals surface area contributed by atoms with Gasteiger partial charge in [0, 0.05) is 7.11 Å². The highest BCUT2D eigenvalue weighted by molar-refractivity contribution is 5.72. The van der Waals surface area contributed by atoms with Crippen molar-refractivity contribution in [2.75, 3.05) is 12.8 Å². The Morgan fingerprint density at radius 2 is 2.19 bits per heavy atom. The van der Waals surface area contributed by atoms with Gasteiger partial charge in [-0.25, -0.2) is 9.97 Å². The minimum absolute atomic E-state index is 0.407. The molecule has 3 N–H and O–H groups in total. The maximum absolute atomic E-state index is 5.61. The summed E-state index contributed by atoms with van der Waals surface area (Å²) < 4.78 is 5.48. The fraction of sp³-hybridized carbons (Fsp3) is 0.455. The third-order valence-corrected chi connectivity index (χ3v) is 2.99. The summed E-state index contributed by atoms with van der Waals surface area (Å²) in [7, 11) is 1.68. The average Bonchev–Trinajstić information content (AvgIpc) is 2.71. The second kappa shape index (κ2) is 3.75. The second-order valence-electron chi connectivity index (χ2n) is 3.98. The van der Waals surface area contributed by atoms with Crippen LogP contribution in [0.3, 0.4) is 0 Å². The Hall–Kier alpha value is -1.62. The van der Waals surface area contributed by atoms with E-state index in [1.807, 2.05) is 13.0 Å². The van der Waals surface area contributed by atoms with Gasteiger partial charge in [-0.15, -0.1) is 0 Å². The normalized spacial score (nSPS) is 15.2. The number of pyridine rings is 1. The van der Waals surface area contributed by atoms with Gasteiger partial charge in [-0.05, 0) is 25.5 Å². The van der Waals surface area contributed by atoms with E-state index in [1.54, 1.807) is 13.2 Å². The van der Waals surface area contributed by atoms with Gasteiger partial charge in [0.1, 0.15) is 17.2 Å². The molecule has 0 spiro atoms. The molecule has 0 aliphatic carbocycles. The van der Waals surface area contributed by atoms with E-state index in [0.29, 0.717) is 11.5 Å². The van der Waals surface area contributed by atoms with Crippen molar-refractivity contribution < 1.29 is 4.74 Å². The van der Waals surface area contributed by atoms with Crippen molar-refractivity contribution in [2.45, 2.75) is 25.9 Å². The van der Waals surface area contributed by atoms with Crippen LogP contribution in [-0.2, 0) is 10.3 Å². The van der Waals surface area contributed by atoms with E-state index in [-0.39, 0.29) is 0 Å². The molecule has 5 nitrogen and oxygen atoms in total. The van der Waals surface area contributed by atoms with E-state index in [2.05, 4.69) is 21.9 Å². The van der Waals surface area contributed by atoms with E-state index < -0.39 is 5.60 Å². The number of anilines is 1. The highest BCUT2D eigenvalue weighted by Crippen LogP contribution is 2.27. The first-order valence-corrected chi connectivity index (χ1v) is 5.27. The number of fused-ring (bicyclic) bond motifs is 1. The van der Waals surface area contributed by atoms with Crippen LogP contribution >= 0.6 is 0 Å². The zero-order valence-corrected chi connectivity index (χ0v) is 9.74. The van der Waals surface area contributed by atoms with Gasteiger partial charge in [-0.2, -0.15) is 0 Å². The van der Waals surface area contributed by atoms with Crippen LogP contribution in [0.1, 0.15) is 26.1 Å². The Balaban J connectivity index is 2.54. The van der Waals surface area contributed by atoms with Crippen molar-refractivity contribution in [3.63, 3.8) is 0 Å². The molecule has 0 aliphatic heterocycles. The predicted molar refractivity (Wildman–Crippen MR) is 63.0 cm³/mol. The lowest BCUT2D eigenvalue weighted by molar-refractivity contribution is -0.00805. The Labute approximate surface area is 94.0 Å². The van der Waals surface area contributed by atoms with Crippen LogP contribution in [0, 0.1) is 0 Å². The lowest BCUT2D eigenvalue weighted by Crippen LogP contribution is -2.24. The van der Waals surface area contributed by atoms with Crippen molar-refractivity contribution >= 4 is 17.0 Å². The average molecular weight is 220 g/mol. The van der Waals surface area contributed by atoms with Gasteiger partial charge in [0.15, 0.2) is 5.65 Å². The van der Waals surface area contributed by atoms with Crippen LogP contribution < -0.4 is 5.73 Å². The van der Waals surface area contributed by atoms with Crippen molar-refractivity contribution in [2.24, 2.45) is 0 Å². The number of nitrogens with two attached hydrogens (primary N) is 1. The van der Waals surface area contributed by atoms with Gasteiger partial charge in [-0.1, -0.05) is 6.92 Å². The fourth-order valence-corrected chi connectivity index (χ4v) is 1.57. The number of nitrogens with one attached hydrogen (secondary N) is 1. The van der Waals surface area contributed by atoms with E-state index in [9.17, 15) is 0 Å². The van der Waals surface area contributed by atoms with Crippen molar-refractivity contribution in [3.8, 4) is 0 Å². The van der Waals surface area contributed by atoms with Gasteiger partial charge in [-0.3, -0.25) is 0 Å². The van der Waals surface area contributed by atoms with E-state index in [1.165, 1.54) is 0 Å². The molecule has 1 unspecified atom stereocenters. The molecule has 1 atom stereocenters. The Morgan fingerprint density at radius 3 is 2.81 bits per heavy atom. The third-order valence-electron chi connectivity index (χ3n) is 2.99. The minimum atomic E-state index is -0.407. The van der Waals surface area contributed by atoms with Crippen molar-refractivity contribution in [1.29, 1.82) is 0 Å². The number of imidazole rings is 1. The zero-order valence-electron chi connectivity index (χ0n) is 9.74. The molecule has 0 saturated heterocycles. The summed E-state index contributed by atoms with van der Waals surface area (Å²) >= 11 is 0. The van der Waals surface area contributed by atoms with Gasteiger partial charge in [0.05, 0.1) is 5.52 Å². The van der Waals surface area contributed by atoms with Gasteiger partial charge >= 0.3 is 0 Å². The lowest BCUT2D eigenvalue weighted by atomic mass is 10.0. The zero-order chi connectivity index (χ0) is 11.8. The minimum Gasteiger partial charge on any atom is -0.384 e. The van der Waals surface area contributed by atoms with Crippen LogP contribution in [0.25, 0.3) is 11.2 Å². The summed E-state index contributed by atoms with van der Waals surface area (Å²) in [6.07, 6.45) is 0.832. The van der Waals surface area contributed by atoms with Crippen LogP contribution in [0.2, 0.25) is 0 Å². The number of H-pyrrole nitrogens is 1. The molecule has 0 aromatic carbocycles. The first-order valence-electron chi connectivity index (χ1n) is 5.27. The number of aromatic nitrogens is 3. The van der Waals surface area contributed by atoms with E-state index in [4.69, 9.17) is 10.5 Å². The van der Waals surface area contributed by atoms with E-state index >= 15 is 0 Å². The number of nitrogens with zero attached hydrogens (tertiary/aromatic N) is 2. The molecule has 16 heavy (non-hydrogen) atoms. The van der Waals surface area contributed by atoms with Gasteiger partial charge in [0.2, 0.25) is 0 Å². The standard InChI is InChI=1S/C11H16N4O/c1-4-11(2,16-3)10-13-7-5-6-8(12)14-9(7)15-10/h5-6H,4H2,1-3H3,(H3,12,13,14,15). The number of hydrogen-bond donors (Lipinski definition) is 2. The van der Waals surface area contributed by atoms with Crippen molar-refractivity contribution in [3.05, 3.63) is 18.0 Å². The molecule has 2 heterocycles. The molecule has 0 amide bonds. The quantitative estimate of drug-likeness (QED) is 0.827. The number of hydrogen-bond acceptors (Lipinski definition) is 4. The molecular formula is C11H16N4O. The molecule has 0 bridgehead atoms.